The van der Waals surface area contributed by atoms with Gasteiger partial charge in [-0.2, -0.15) is 0 Å². The van der Waals surface area contributed by atoms with Crippen molar-refractivity contribution in [1.82, 2.24) is 24.5 Å². The number of amides is 1. The summed E-state index contributed by atoms with van der Waals surface area (Å²) in [4.78, 5) is 19.1. The number of aryl methyl sites for hydroxylation is 2. The van der Waals surface area contributed by atoms with Crippen LogP contribution in [0.1, 0.15) is 38.1 Å². The minimum Gasteiger partial charge on any atom is -0.335 e. The van der Waals surface area contributed by atoms with E-state index in [9.17, 15) is 13.2 Å². The highest BCUT2D eigenvalue weighted by Gasteiger charge is 2.36. The van der Waals surface area contributed by atoms with Crippen molar-refractivity contribution in [2.75, 3.05) is 17.3 Å². The maximum absolute atomic E-state index is 12.9. The van der Waals surface area contributed by atoms with Crippen LogP contribution in [0.4, 0.5) is 0 Å². The largest absolute Gasteiger partial charge is 0.335 e. The number of rotatable bonds is 6. The minimum absolute atomic E-state index is 0.00223. The molecule has 0 aromatic carbocycles. The first-order valence-corrected chi connectivity index (χ1v) is 11.9. The Hall–Kier alpha value is -1.68. The highest BCUT2D eigenvalue weighted by Crippen LogP contribution is 2.24. The fraction of sp³-hybridized carbons (Fsp3) is 0.647. The quantitative estimate of drug-likeness (QED) is 0.667. The van der Waals surface area contributed by atoms with E-state index in [0.717, 1.165) is 17.8 Å². The van der Waals surface area contributed by atoms with Crippen molar-refractivity contribution in [2.45, 2.75) is 57.8 Å². The lowest BCUT2D eigenvalue weighted by Gasteiger charge is -2.33. The highest BCUT2D eigenvalue weighted by molar-refractivity contribution is 7.99. The third-order valence-electron chi connectivity index (χ3n) is 4.94. The van der Waals surface area contributed by atoms with Gasteiger partial charge >= 0.3 is 0 Å². The number of hydrogen-bond acceptors (Lipinski definition) is 7. The fourth-order valence-corrected chi connectivity index (χ4v) is 6.06. The number of carbonyl (C=O) groups excluding carboxylic acids is 1. The second-order valence-corrected chi connectivity index (χ2v) is 10.2. The number of thioether (sulfide) groups is 1. The molecule has 3 heterocycles. The van der Waals surface area contributed by atoms with Gasteiger partial charge in [0.2, 0.25) is 5.91 Å². The van der Waals surface area contributed by atoms with Gasteiger partial charge in [0, 0.05) is 23.5 Å². The normalized spacial score (nSPS) is 20.1. The summed E-state index contributed by atoms with van der Waals surface area (Å²) >= 11 is 1.31. The van der Waals surface area contributed by atoms with E-state index in [1.807, 2.05) is 38.2 Å². The van der Waals surface area contributed by atoms with Gasteiger partial charge in [-0.15, -0.1) is 10.2 Å². The molecule has 2 atom stereocenters. The molecule has 0 aliphatic carbocycles. The molecule has 2 aromatic heterocycles. The predicted molar refractivity (Wildman–Crippen MR) is 105 cm³/mol. The SMILES string of the molecule is CC[C@H](C)N(C(=O)CSc1nnc2nc(C)cc(C)n12)[C@H]1CCS(=O)(=O)C1. The number of fused-ring (bicyclic) bond motifs is 1. The molecule has 3 rings (SSSR count). The van der Waals surface area contributed by atoms with Crippen molar-refractivity contribution < 1.29 is 13.2 Å². The second kappa shape index (κ2) is 7.75. The molecule has 1 amide bonds. The lowest BCUT2D eigenvalue weighted by Crippen LogP contribution is -2.47. The summed E-state index contributed by atoms with van der Waals surface area (Å²) in [5.74, 6) is 0.859. The van der Waals surface area contributed by atoms with Gasteiger partial charge in [-0.1, -0.05) is 18.7 Å². The van der Waals surface area contributed by atoms with E-state index in [2.05, 4.69) is 15.2 Å². The number of hydrogen-bond donors (Lipinski definition) is 0. The summed E-state index contributed by atoms with van der Waals surface area (Å²) < 4.78 is 25.6. The van der Waals surface area contributed by atoms with E-state index >= 15 is 0 Å². The first-order chi connectivity index (χ1) is 12.7. The monoisotopic (exact) mass is 411 g/mol. The van der Waals surface area contributed by atoms with Gasteiger partial charge in [-0.05, 0) is 39.7 Å². The zero-order chi connectivity index (χ0) is 19.8. The molecule has 0 saturated carbocycles. The molecule has 2 aromatic rings. The van der Waals surface area contributed by atoms with Crippen molar-refractivity contribution in [2.24, 2.45) is 0 Å². The molecule has 8 nitrogen and oxygen atoms in total. The van der Waals surface area contributed by atoms with Gasteiger partial charge in [0.15, 0.2) is 15.0 Å². The fourth-order valence-electron chi connectivity index (χ4n) is 3.50. The van der Waals surface area contributed by atoms with Crippen molar-refractivity contribution in [3.05, 3.63) is 17.5 Å². The Balaban J connectivity index is 1.77. The molecule has 0 N–H and O–H groups in total. The van der Waals surface area contributed by atoms with E-state index in [1.54, 1.807) is 4.90 Å². The van der Waals surface area contributed by atoms with Crippen molar-refractivity contribution >= 4 is 33.3 Å². The van der Waals surface area contributed by atoms with Crippen LogP contribution < -0.4 is 0 Å². The first kappa shape index (κ1) is 20.1. The van der Waals surface area contributed by atoms with Crippen LogP contribution in [0.2, 0.25) is 0 Å². The van der Waals surface area contributed by atoms with Gasteiger partial charge in [-0.25, -0.2) is 13.4 Å². The molecule has 27 heavy (non-hydrogen) atoms. The number of nitrogens with zero attached hydrogens (tertiary/aromatic N) is 5. The zero-order valence-corrected chi connectivity index (χ0v) is 17.7. The Morgan fingerprint density at radius 1 is 1.41 bits per heavy atom. The Labute approximate surface area is 163 Å². The van der Waals surface area contributed by atoms with Crippen LogP contribution in [0.25, 0.3) is 5.78 Å². The summed E-state index contributed by atoms with van der Waals surface area (Å²) in [6, 6.07) is 1.70. The van der Waals surface area contributed by atoms with E-state index in [0.29, 0.717) is 17.4 Å². The average molecular weight is 412 g/mol. The summed E-state index contributed by atoms with van der Waals surface area (Å²) in [7, 11) is -3.05. The average Bonchev–Trinajstić information content (AvgIpc) is 3.16. The van der Waals surface area contributed by atoms with E-state index in [1.165, 1.54) is 11.8 Å². The Morgan fingerprint density at radius 2 is 2.15 bits per heavy atom. The van der Waals surface area contributed by atoms with Crippen LogP contribution in [0.5, 0.6) is 0 Å². The van der Waals surface area contributed by atoms with Crippen LogP contribution >= 0.6 is 11.8 Å². The second-order valence-electron chi connectivity index (χ2n) is 7.06. The van der Waals surface area contributed by atoms with Gasteiger partial charge in [0.05, 0.1) is 17.3 Å². The third kappa shape index (κ3) is 4.26. The first-order valence-electron chi connectivity index (χ1n) is 9.05. The lowest BCUT2D eigenvalue weighted by atomic mass is 10.1. The molecule has 1 aliphatic rings. The van der Waals surface area contributed by atoms with Gasteiger partial charge in [-0.3, -0.25) is 9.20 Å². The zero-order valence-electron chi connectivity index (χ0n) is 16.0. The maximum Gasteiger partial charge on any atom is 0.256 e. The lowest BCUT2D eigenvalue weighted by molar-refractivity contribution is -0.132. The van der Waals surface area contributed by atoms with Crippen LogP contribution in [-0.2, 0) is 14.6 Å². The Morgan fingerprint density at radius 3 is 2.78 bits per heavy atom. The molecule has 0 spiro atoms. The summed E-state index contributed by atoms with van der Waals surface area (Å²) in [6.07, 6.45) is 1.29. The van der Waals surface area contributed by atoms with Crippen LogP contribution in [0, 0.1) is 13.8 Å². The highest BCUT2D eigenvalue weighted by atomic mass is 32.2. The summed E-state index contributed by atoms with van der Waals surface area (Å²) in [5, 5.41) is 8.87. The molecule has 0 bridgehead atoms. The predicted octanol–water partition coefficient (Wildman–Crippen LogP) is 1.65. The number of carbonyl (C=O) groups is 1. The molecular formula is C17H25N5O3S2. The van der Waals surface area contributed by atoms with Gasteiger partial charge < -0.3 is 4.90 Å². The molecule has 1 saturated heterocycles. The van der Waals surface area contributed by atoms with Crippen molar-refractivity contribution in [1.29, 1.82) is 0 Å². The molecule has 10 heteroatoms. The van der Waals surface area contributed by atoms with Gasteiger partial charge in [0.1, 0.15) is 0 Å². The molecule has 0 unspecified atom stereocenters. The molecule has 148 valence electrons. The topological polar surface area (TPSA) is 97.5 Å². The standard InChI is InChI=1S/C17H25N5O3S2/c1-5-12(3)21(14-6-7-27(24,25)10-14)15(23)9-26-17-20-19-16-18-11(2)8-13(4)22(16)17/h8,12,14H,5-7,9-10H2,1-4H3/t12-,14-/m0/s1. The number of sulfone groups is 1. The van der Waals surface area contributed by atoms with E-state index in [4.69, 9.17) is 0 Å². The van der Waals surface area contributed by atoms with Crippen LogP contribution in [-0.4, -0.2) is 68.1 Å². The maximum atomic E-state index is 12.9. The Kier molecular flexibility index (Phi) is 5.76. The van der Waals surface area contributed by atoms with Gasteiger partial charge in [0.25, 0.3) is 5.78 Å². The van der Waals surface area contributed by atoms with E-state index < -0.39 is 9.84 Å². The molecule has 1 aliphatic heterocycles. The van der Waals surface area contributed by atoms with Crippen LogP contribution in [0.15, 0.2) is 11.2 Å². The third-order valence-corrected chi connectivity index (χ3v) is 7.61. The molecule has 0 radical (unpaired) electrons. The van der Waals surface area contributed by atoms with E-state index in [-0.39, 0.29) is 35.2 Å². The molecule has 1 fully saturated rings. The number of aromatic nitrogens is 4. The summed E-state index contributed by atoms with van der Waals surface area (Å²) in [5.41, 5.74) is 1.82. The Bertz CT molecular complexity index is 957. The van der Waals surface area contributed by atoms with Crippen molar-refractivity contribution in [3.63, 3.8) is 0 Å². The summed E-state index contributed by atoms with van der Waals surface area (Å²) in [6.45, 7) is 7.82. The van der Waals surface area contributed by atoms with Crippen LogP contribution in [0.3, 0.4) is 0 Å². The smallest absolute Gasteiger partial charge is 0.256 e. The van der Waals surface area contributed by atoms with Crippen molar-refractivity contribution in [3.8, 4) is 0 Å². The minimum atomic E-state index is -3.05. The molecular weight excluding hydrogens is 386 g/mol.